The summed E-state index contributed by atoms with van der Waals surface area (Å²) >= 11 is 1.80. The van der Waals surface area contributed by atoms with Crippen LogP contribution >= 0.6 is 11.3 Å². The number of para-hydroxylation sites is 1. The van der Waals surface area contributed by atoms with Crippen molar-refractivity contribution in [3.05, 3.63) is 41.8 Å². The average Bonchev–Trinajstić information content (AvgIpc) is 3.02. The van der Waals surface area contributed by atoms with E-state index in [9.17, 15) is 0 Å². The van der Waals surface area contributed by atoms with Crippen molar-refractivity contribution in [1.82, 2.24) is 4.90 Å². The van der Waals surface area contributed by atoms with Crippen molar-refractivity contribution >= 4 is 17.0 Å². The van der Waals surface area contributed by atoms with Gasteiger partial charge in [0.1, 0.15) is 0 Å². The van der Waals surface area contributed by atoms with Gasteiger partial charge in [-0.05, 0) is 37.5 Å². The Hall–Kier alpha value is -1.32. The predicted octanol–water partition coefficient (Wildman–Crippen LogP) is 3.53. The first-order valence-corrected chi connectivity index (χ1v) is 7.29. The Morgan fingerprint density at radius 2 is 2.11 bits per heavy atom. The lowest BCUT2D eigenvalue weighted by molar-refractivity contribution is 0.414. The van der Waals surface area contributed by atoms with Gasteiger partial charge in [0.25, 0.3) is 0 Å². The quantitative estimate of drug-likeness (QED) is 0.906. The Balaban J connectivity index is 1.84. The number of hydrogen-bond donors (Lipinski definition) is 1. The number of rotatable bonds is 3. The van der Waals surface area contributed by atoms with Crippen molar-refractivity contribution in [2.45, 2.75) is 12.5 Å². The van der Waals surface area contributed by atoms with Crippen molar-refractivity contribution in [2.24, 2.45) is 0 Å². The molecule has 94 valence electrons. The Morgan fingerprint density at radius 1 is 1.22 bits per heavy atom. The van der Waals surface area contributed by atoms with Crippen molar-refractivity contribution in [1.29, 1.82) is 0 Å². The van der Waals surface area contributed by atoms with Gasteiger partial charge in [-0.3, -0.25) is 0 Å². The first-order valence-electron chi connectivity index (χ1n) is 6.41. The molecule has 2 heterocycles. The van der Waals surface area contributed by atoms with Gasteiger partial charge in [-0.15, -0.1) is 11.3 Å². The zero-order valence-electron chi connectivity index (χ0n) is 10.6. The third-order valence-electron chi connectivity index (χ3n) is 3.46. The summed E-state index contributed by atoms with van der Waals surface area (Å²) in [5, 5.41) is 5.83. The molecule has 0 spiro atoms. The molecule has 2 aromatic rings. The number of likely N-dealkylation sites (N-methyl/N-ethyl adjacent to an activating group) is 1. The largest absolute Gasteiger partial charge is 0.380 e. The first kappa shape index (κ1) is 11.8. The van der Waals surface area contributed by atoms with E-state index in [1.165, 1.54) is 29.1 Å². The Bertz CT molecular complexity index is 507. The third kappa shape index (κ3) is 2.42. The minimum atomic E-state index is 0.580. The molecule has 0 amide bonds. The molecule has 1 fully saturated rings. The second-order valence-corrected chi connectivity index (χ2v) is 5.86. The summed E-state index contributed by atoms with van der Waals surface area (Å²) in [6.07, 6.45) is 1.23. The molecule has 3 heteroatoms. The molecule has 1 atom stereocenters. The van der Waals surface area contributed by atoms with E-state index in [1.807, 2.05) is 0 Å². The summed E-state index contributed by atoms with van der Waals surface area (Å²) in [6, 6.07) is 13.5. The highest BCUT2D eigenvalue weighted by Gasteiger charge is 2.19. The second-order valence-electron chi connectivity index (χ2n) is 4.92. The maximum absolute atomic E-state index is 3.69. The predicted molar refractivity (Wildman–Crippen MR) is 79.3 cm³/mol. The van der Waals surface area contributed by atoms with Crippen LogP contribution in [0.5, 0.6) is 0 Å². The highest BCUT2D eigenvalue weighted by molar-refractivity contribution is 7.13. The molecule has 1 aromatic heterocycles. The molecular weight excluding hydrogens is 240 g/mol. The molecule has 0 saturated carbocycles. The van der Waals surface area contributed by atoms with Crippen LogP contribution in [0.1, 0.15) is 6.42 Å². The van der Waals surface area contributed by atoms with E-state index in [4.69, 9.17) is 0 Å². The number of likely N-dealkylation sites (tertiary alicyclic amines) is 1. The monoisotopic (exact) mass is 258 g/mol. The van der Waals surface area contributed by atoms with E-state index in [2.05, 4.69) is 59.0 Å². The number of anilines is 1. The fourth-order valence-electron chi connectivity index (χ4n) is 2.53. The fourth-order valence-corrected chi connectivity index (χ4v) is 3.29. The maximum atomic E-state index is 3.69. The zero-order chi connectivity index (χ0) is 12.4. The Labute approximate surface area is 112 Å². The van der Waals surface area contributed by atoms with Gasteiger partial charge in [0.15, 0.2) is 0 Å². The third-order valence-corrected chi connectivity index (χ3v) is 4.37. The van der Waals surface area contributed by atoms with Gasteiger partial charge in [0.2, 0.25) is 0 Å². The highest BCUT2D eigenvalue weighted by Crippen LogP contribution is 2.32. The molecule has 1 N–H and O–H groups in total. The number of benzene rings is 1. The van der Waals surface area contributed by atoms with Crippen LogP contribution < -0.4 is 5.32 Å². The van der Waals surface area contributed by atoms with E-state index in [0.29, 0.717) is 6.04 Å². The molecule has 1 unspecified atom stereocenters. The minimum absolute atomic E-state index is 0.580. The smallest absolute Gasteiger partial charge is 0.0430 e. The van der Waals surface area contributed by atoms with E-state index >= 15 is 0 Å². The lowest BCUT2D eigenvalue weighted by Gasteiger charge is -2.17. The number of nitrogens with one attached hydrogen (secondary N) is 1. The summed E-state index contributed by atoms with van der Waals surface area (Å²) in [5.41, 5.74) is 2.59. The van der Waals surface area contributed by atoms with Gasteiger partial charge in [0.05, 0.1) is 0 Å². The molecule has 0 aliphatic carbocycles. The van der Waals surface area contributed by atoms with E-state index < -0.39 is 0 Å². The summed E-state index contributed by atoms with van der Waals surface area (Å²) < 4.78 is 0. The van der Waals surface area contributed by atoms with Crippen LogP contribution in [0.4, 0.5) is 5.69 Å². The van der Waals surface area contributed by atoms with E-state index in [-0.39, 0.29) is 0 Å². The van der Waals surface area contributed by atoms with Crippen molar-refractivity contribution in [3.63, 3.8) is 0 Å². The van der Waals surface area contributed by atoms with Crippen molar-refractivity contribution in [2.75, 3.05) is 25.5 Å². The van der Waals surface area contributed by atoms with Gasteiger partial charge in [-0.2, -0.15) is 0 Å². The summed E-state index contributed by atoms with van der Waals surface area (Å²) in [6.45, 7) is 2.33. The number of nitrogens with zero attached hydrogens (tertiary/aromatic N) is 1. The van der Waals surface area contributed by atoms with Crippen LogP contribution in [0, 0.1) is 0 Å². The van der Waals surface area contributed by atoms with Gasteiger partial charge in [-0.1, -0.05) is 24.3 Å². The molecule has 1 aliphatic heterocycles. The minimum Gasteiger partial charge on any atom is -0.380 e. The van der Waals surface area contributed by atoms with Crippen LogP contribution in [0.25, 0.3) is 10.4 Å². The molecule has 1 aromatic carbocycles. The van der Waals surface area contributed by atoms with Gasteiger partial charge >= 0.3 is 0 Å². The van der Waals surface area contributed by atoms with Crippen molar-refractivity contribution < 1.29 is 0 Å². The zero-order valence-corrected chi connectivity index (χ0v) is 11.4. The van der Waals surface area contributed by atoms with Crippen molar-refractivity contribution in [3.8, 4) is 10.4 Å². The topological polar surface area (TPSA) is 15.3 Å². The van der Waals surface area contributed by atoms with Crippen LogP contribution in [0.15, 0.2) is 41.8 Å². The maximum Gasteiger partial charge on any atom is 0.0430 e. The Kier molecular flexibility index (Phi) is 3.35. The summed E-state index contributed by atoms with van der Waals surface area (Å²) in [5.74, 6) is 0. The standard InChI is InChI=1S/C15H18N2S/c1-17-9-8-12(11-17)16-14-6-3-2-5-13(14)15-7-4-10-18-15/h2-7,10,12,16H,8-9,11H2,1H3. The molecule has 0 radical (unpaired) electrons. The Morgan fingerprint density at radius 3 is 2.83 bits per heavy atom. The molecule has 1 saturated heterocycles. The number of thiophene rings is 1. The second kappa shape index (κ2) is 5.12. The van der Waals surface area contributed by atoms with Gasteiger partial charge < -0.3 is 10.2 Å². The molecule has 18 heavy (non-hydrogen) atoms. The lowest BCUT2D eigenvalue weighted by atomic mass is 10.1. The molecular formula is C15H18N2S. The van der Waals surface area contributed by atoms with Crippen LogP contribution in [-0.2, 0) is 0 Å². The first-order chi connectivity index (χ1) is 8.83. The summed E-state index contributed by atoms with van der Waals surface area (Å²) in [7, 11) is 2.19. The molecule has 0 bridgehead atoms. The van der Waals surface area contributed by atoms with Crippen LogP contribution in [0.2, 0.25) is 0 Å². The van der Waals surface area contributed by atoms with E-state index in [1.54, 1.807) is 11.3 Å². The van der Waals surface area contributed by atoms with E-state index in [0.717, 1.165) is 6.54 Å². The number of hydrogen-bond acceptors (Lipinski definition) is 3. The van der Waals surface area contributed by atoms with Gasteiger partial charge in [-0.25, -0.2) is 0 Å². The van der Waals surface area contributed by atoms with Gasteiger partial charge in [0, 0.05) is 28.7 Å². The van der Waals surface area contributed by atoms with Crippen LogP contribution in [0.3, 0.4) is 0 Å². The highest BCUT2D eigenvalue weighted by atomic mass is 32.1. The average molecular weight is 258 g/mol. The molecule has 2 nitrogen and oxygen atoms in total. The fraction of sp³-hybridized carbons (Fsp3) is 0.333. The SMILES string of the molecule is CN1CCC(Nc2ccccc2-c2cccs2)C1. The van der Waals surface area contributed by atoms with Crippen LogP contribution in [-0.4, -0.2) is 31.1 Å². The normalized spacial score (nSPS) is 20.2. The summed E-state index contributed by atoms with van der Waals surface area (Å²) in [4.78, 5) is 3.72. The molecule has 1 aliphatic rings. The lowest BCUT2D eigenvalue weighted by Crippen LogP contribution is -2.23. The molecule has 3 rings (SSSR count).